The molecule has 0 saturated carbocycles. The van der Waals surface area contributed by atoms with Crippen molar-refractivity contribution in [3.63, 3.8) is 0 Å². The molecule has 0 radical (unpaired) electrons. The lowest BCUT2D eigenvalue weighted by Crippen LogP contribution is -2.50. The van der Waals surface area contributed by atoms with E-state index in [1.54, 1.807) is 0 Å². The van der Waals surface area contributed by atoms with Crippen LogP contribution in [0.5, 0.6) is 0 Å². The van der Waals surface area contributed by atoms with Crippen LogP contribution in [-0.2, 0) is 9.53 Å². The summed E-state index contributed by atoms with van der Waals surface area (Å²) in [6, 6.07) is -0.396. The summed E-state index contributed by atoms with van der Waals surface area (Å²) in [6.45, 7) is 5.74. The maximum Gasteiger partial charge on any atom is 0.323 e. The monoisotopic (exact) mass is 232 g/mol. The van der Waals surface area contributed by atoms with Crippen molar-refractivity contribution in [3.8, 4) is 0 Å². The zero-order valence-electron chi connectivity index (χ0n) is 10.2. The summed E-state index contributed by atoms with van der Waals surface area (Å²) >= 11 is 0. The summed E-state index contributed by atoms with van der Waals surface area (Å²) in [7, 11) is 1.50. The lowest BCUT2D eigenvalue weighted by Gasteiger charge is -2.27. The first-order valence-corrected chi connectivity index (χ1v) is 5.04. The average Bonchev–Trinajstić information content (AvgIpc) is 2.08. The van der Waals surface area contributed by atoms with Crippen molar-refractivity contribution < 1.29 is 19.4 Å². The van der Waals surface area contributed by atoms with Crippen LogP contribution < -0.4 is 5.32 Å². The molecule has 0 fully saturated rings. The number of urea groups is 1. The van der Waals surface area contributed by atoms with Crippen molar-refractivity contribution in [1.82, 2.24) is 10.2 Å². The fourth-order valence-electron chi connectivity index (χ4n) is 1.02. The van der Waals surface area contributed by atoms with Crippen LogP contribution in [0.4, 0.5) is 4.79 Å². The molecule has 0 bridgehead atoms. The summed E-state index contributed by atoms with van der Waals surface area (Å²) in [4.78, 5) is 23.5. The van der Waals surface area contributed by atoms with Crippen LogP contribution in [0, 0.1) is 0 Å². The van der Waals surface area contributed by atoms with E-state index in [0.717, 1.165) is 0 Å². The number of nitrogens with zero attached hydrogens (tertiary/aromatic N) is 1. The Hall–Kier alpha value is -1.30. The van der Waals surface area contributed by atoms with Gasteiger partial charge in [0.15, 0.2) is 0 Å². The second-order valence-electron chi connectivity index (χ2n) is 4.49. The van der Waals surface area contributed by atoms with Crippen LogP contribution in [0.15, 0.2) is 0 Å². The second-order valence-corrected chi connectivity index (χ2v) is 4.49. The molecule has 94 valence electrons. The third-order valence-corrected chi connectivity index (χ3v) is 1.66. The minimum Gasteiger partial charge on any atom is -0.480 e. The predicted octanol–water partition coefficient (Wildman–Crippen LogP) is 0.527. The fourth-order valence-corrected chi connectivity index (χ4v) is 1.02. The van der Waals surface area contributed by atoms with Gasteiger partial charge in [-0.15, -0.1) is 0 Å². The van der Waals surface area contributed by atoms with Gasteiger partial charge in [-0.2, -0.15) is 0 Å². The fraction of sp³-hybridized carbons (Fsp3) is 0.800. The van der Waals surface area contributed by atoms with Crippen LogP contribution in [-0.4, -0.2) is 54.4 Å². The number of nitrogens with one attached hydrogen (secondary N) is 1. The van der Waals surface area contributed by atoms with Gasteiger partial charge in [0.1, 0.15) is 6.54 Å². The minimum atomic E-state index is -1.04. The molecule has 0 aliphatic rings. The first-order chi connectivity index (χ1) is 7.26. The summed E-state index contributed by atoms with van der Waals surface area (Å²) in [5.41, 5.74) is -0.388. The van der Waals surface area contributed by atoms with Crippen molar-refractivity contribution in [2.24, 2.45) is 0 Å². The molecule has 0 rings (SSSR count). The predicted molar refractivity (Wildman–Crippen MR) is 59.4 cm³/mol. The highest BCUT2D eigenvalue weighted by Gasteiger charge is 2.21. The highest BCUT2D eigenvalue weighted by molar-refractivity contribution is 5.80. The molecule has 0 aliphatic heterocycles. The van der Waals surface area contributed by atoms with Crippen molar-refractivity contribution in [3.05, 3.63) is 0 Å². The zero-order chi connectivity index (χ0) is 12.8. The maximum absolute atomic E-state index is 11.7. The van der Waals surface area contributed by atoms with E-state index in [0.29, 0.717) is 6.61 Å². The van der Waals surface area contributed by atoms with E-state index in [2.05, 4.69) is 5.32 Å². The molecule has 0 heterocycles. The molecule has 6 nitrogen and oxygen atoms in total. The van der Waals surface area contributed by atoms with Gasteiger partial charge in [0.2, 0.25) is 0 Å². The Bertz CT molecular complexity index is 248. The van der Waals surface area contributed by atoms with Crippen molar-refractivity contribution in [2.45, 2.75) is 26.3 Å². The molecule has 2 amide bonds. The third-order valence-electron chi connectivity index (χ3n) is 1.66. The summed E-state index contributed by atoms with van der Waals surface area (Å²) < 4.78 is 4.82. The molecule has 0 aromatic heterocycles. The van der Waals surface area contributed by atoms with Gasteiger partial charge in [0.05, 0.1) is 6.61 Å². The first kappa shape index (κ1) is 14.7. The number of carboxylic acids is 1. The van der Waals surface area contributed by atoms with Gasteiger partial charge in [-0.3, -0.25) is 4.79 Å². The highest BCUT2D eigenvalue weighted by atomic mass is 16.5. The van der Waals surface area contributed by atoms with E-state index < -0.39 is 12.0 Å². The summed E-state index contributed by atoms with van der Waals surface area (Å²) in [5.74, 6) is -1.04. The van der Waals surface area contributed by atoms with Gasteiger partial charge in [0.25, 0.3) is 0 Å². The number of rotatable bonds is 5. The SMILES string of the molecule is COCCN(CC(=O)O)C(=O)NC(C)(C)C. The molecule has 0 saturated heterocycles. The number of amides is 2. The number of carboxylic acid groups (broad SMARTS) is 1. The number of aliphatic carboxylic acids is 1. The normalized spacial score (nSPS) is 11.0. The molecule has 0 aromatic rings. The van der Waals surface area contributed by atoms with Gasteiger partial charge in [-0.1, -0.05) is 0 Å². The van der Waals surface area contributed by atoms with Crippen molar-refractivity contribution in [1.29, 1.82) is 0 Å². The van der Waals surface area contributed by atoms with E-state index in [-0.39, 0.29) is 18.6 Å². The molecule has 0 atom stereocenters. The van der Waals surface area contributed by atoms with Crippen LogP contribution in [0.3, 0.4) is 0 Å². The van der Waals surface area contributed by atoms with Crippen LogP contribution in [0.2, 0.25) is 0 Å². The maximum atomic E-state index is 11.7. The van der Waals surface area contributed by atoms with E-state index in [4.69, 9.17) is 9.84 Å². The second kappa shape index (κ2) is 6.32. The Balaban J connectivity index is 4.37. The number of hydrogen-bond acceptors (Lipinski definition) is 3. The minimum absolute atomic E-state index is 0.255. The summed E-state index contributed by atoms with van der Waals surface area (Å²) in [5, 5.41) is 11.4. The van der Waals surface area contributed by atoms with Gasteiger partial charge >= 0.3 is 12.0 Å². The zero-order valence-corrected chi connectivity index (χ0v) is 10.2. The lowest BCUT2D eigenvalue weighted by atomic mass is 10.1. The number of methoxy groups -OCH3 is 1. The Morgan fingerprint density at radius 2 is 1.94 bits per heavy atom. The van der Waals surface area contributed by atoms with Crippen molar-refractivity contribution in [2.75, 3.05) is 26.8 Å². The Labute approximate surface area is 95.6 Å². The third kappa shape index (κ3) is 7.05. The van der Waals surface area contributed by atoms with Gasteiger partial charge in [-0.05, 0) is 20.8 Å². The van der Waals surface area contributed by atoms with Gasteiger partial charge in [-0.25, -0.2) is 4.79 Å². The van der Waals surface area contributed by atoms with Crippen LogP contribution >= 0.6 is 0 Å². The van der Waals surface area contributed by atoms with Gasteiger partial charge in [0, 0.05) is 19.2 Å². The van der Waals surface area contributed by atoms with Crippen LogP contribution in [0.1, 0.15) is 20.8 Å². The average molecular weight is 232 g/mol. The molecule has 6 heteroatoms. The number of ether oxygens (including phenoxy) is 1. The van der Waals surface area contributed by atoms with E-state index >= 15 is 0 Å². The smallest absolute Gasteiger partial charge is 0.323 e. The van der Waals surface area contributed by atoms with E-state index in [1.807, 2.05) is 20.8 Å². The molecular formula is C10H20N2O4. The number of hydrogen-bond donors (Lipinski definition) is 2. The number of carbonyl (C=O) groups excluding carboxylic acids is 1. The molecule has 0 unspecified atom stereocenters. The lowest BCUT2D eigenvalue weighted by molar-refractivity contribution is -0.137. The quantitative estimate of drug-likeness (QED) is 0.724. The molecule has 0 aromatic carbocycles. The number of carbonyl (C=O) groups is 2. The Morgan fingerprint density at radius 3 is 2.31 bits per heavy atom. The van der Waals surface area contributed by atoms with Crippen molar-refractivity contribution >= 4 is 12.0 Å². The van der Waals surface area contributed by atoms with Crippen LogP contribution in [0.25, 0.3) is 0 Å². The Kier molecular flexibility index (Phi) is 5.81. The Morgan fingerprint density at radius 1 is 1.38 bits per heavy atom. The van der Waals surface area contributed by atoms with E-state index in [1.165, 1.54) is 12.0 Å². The highest BCUT2D eigenvalue weighted by Crippen LogP contribution is 2.01. The summed E-state index contributed by atoms with van der Waals surface area (Å²) in [6.07, 6.45) is 0. The standard InChI is InChI=1S/C10H20N2O4/c1-10(2,3)11-9(15)12(5-6-16-4)7-8(13)14/h5-7H2,1-4H3,(H,11,15)(H,13,14). The molecular weight excluding hydrogens is 212 g/mol. The van der Waals surface area contributed by atoms with Gasteiger partial charge < -0.3 is 20.1 Å². The molecule has 0 spiro atoms. The largest absolute Gasteiger partial charge is 0.480 e. The molecule has 0 aliphatic carbocycles. The molecule has 2 N–H and O–H groups in total. The topological polar surface area (TPSA) is 78.9 Å². The molecule has 16 heavy (non-hydrogen) atoms. The van der Waals surface area contributed by atoms with E-state index in [9.17, 15) is 9.59 Å². The first-order valence-electron chi connectivity index (χ1n) is 5.04.